The van der Waals surface area contributed by atoms with Crippen LogP contribution in [0.3, 0.4) is 0 Å². The van der Waals surface area contributed by atoms with E-state index in [2.05, 4.69) is 39.0 Å². The monoisotopic (exact) mass is 249 g/mol. The number of hydrogen-bond donors (Lipinski definition) is 0. The zero-order chi connectivity index (χ0) is 12.7. The normalized spacial score (nSPS) is 10.9. The van der Waals surface area contributed by atoms with E-state index in [1.54, 1.807) is 11.8 Å². The second-order valence-corrected chi connectivity index (χ2v) is 5.94. The Morgan fingerprint density at radius 3 is 2.41 bits per heavy atom. The van der Waals surface area contributed by atoms with E-state index in [0.717, 1.165) is 11.5 Å². The molecule has 0 aliphatic heterocycles. The molecule has 2 nitrogen and oxygen atoms in total. The summed E-state index contributed by atoms with van der Waals surface area (Å²) in [6.45, 7) is 7.24. The third-order valence-electron chi connectivity index (χ3n) is 2.38. The Morgan fingerprint density at radius 2 is 1.88 bits per heavy atom. The van der Waals surface area contributed by atoms with E-state index in [0.29, 0.717) is 12.4 Å². The SMILES string of the molecule is CC(C)(C)c1ccc(OCCSCC#N)cc1. The fourth-order valence-corrected chi connectivity index (χ4v) is 1.82. The fraction of sp³-hybridized carbons (Fsp3) is 0.500. The molecule has 0 heterocycles. The van der Waals surface area contributed by atoms with Crippen molar-refractivity contribution in [2.45, 2.75) is 26.2 Å². The van der Waals surface area contributed by atoms with Gasteiger partial charge in [0.25, 0.3) is 0 Å². The lowest BCUT2D eigenvalue weighted by atomic mass is 9.87. The lowest BCUT2D eigenvalue weighted by Gasteiger charge is -2.19. The van der Waals surface area contributed by atoms with E-state index in [9.17, 15) is 0 Å². The Hall–Kier alpha value is -1.14. The van der Waals surface area contributed by atoms with Gasteiger partial charge in [-0.3, -0.25) is 0 Å². The van der Waals surface area contributed by atoms with Gasteiger partial charge in [0.15, 0.2) is 0 Å². The van der Waals surface area contributed by atoms with Crippen molar-refractivity contribution in [2.24, 2.45) is 0 Å². The summed E-state index contributed by atoms with van der Waals surface area (Å²) in [5, 5.41) is 8.38. The predicted molar refractivity (Wildman–Crippen MR) is 73.6 cm³/mol. The molecular weight excluding hydrogens is 230 g/mol. The van der Waals surface area contributed by atoms with E-state index >= 15 is 0 Å². The summed E-state index contributed by atoms with van der Waals surface area (Å²) in [6, 6.07) is 10.3. The highest BCUT2D eigenvalue weighted by atomic mass is 32.2. The summed E-state index contributed by atoms with van der Waals surface area (Å²) in [7, 11) is 0. The number of nitriles is 1. The molecule has 1 aromatic rings. The first kappa shape index (κ1) is 13.9. The van der Waals surface area contributed by atoms with E-state index in [4.69, 9.17) is 10.00 Å². The minimum atomic E-state index is 0.182. The molecule has 1 aromatic carbocycles. The van der Waals surface area contributed by atoms with Gasteiger partial charge >= 0.3 is 0 Å². The molecule has 0 aliphatic rings. The summed E-state index contributed by atoms with van der Waals surface area (Å²) >= 11 is 1.59. The number of ether oxygens (including phenoxy) is 1. The first-order chi connectivity index (χ1) is 8.04. The van der Waals surface area contributed by atoms with Gasteiger partial charge in [-0.25, -0.2) is 0 Å². The van der Waals surface area contributed by atoms with Gasteiger partial charge in [-0.2, -0.15) is 5.26 Å². The quantitative estimate of drug-likeness (QED) is 0.747. The van der Waals surface area contributed by atoms with Crippen molar-refractivity contribution in [2.75, 3.05) is 18.1 Å². The molecule has 0 atom stereocenters. The Bertz CT molecular complexity index is 373. The molecule has 17 heavy (non-hydrogen) atoms. The van der Waals surface area contributed by atoms with Crippen molar-refractivity contribution in [1.82, 2.24) is 0 Å². The van der Waals surface area contributed by atoms with Gasteiger partial charge in [0.1, 0.15) is 5.75 Å². The number of benzene rings is 1. The van der Waals surface area contributed by atoms with Gasteiger partial charge in [0.05, 0.1) is 18.4 Å². The molecule has 0 amide bonds. The molecule has 0 aliphatic carbocycles. The fourth-order valence-electron chi connectivity index (χ4n) is 1.39. The van der Waals surface area contributed by atoms with Crippen LogP contribution in [-0.2, 0) is 5.41 Å². The molecule has 1 rings (SSSR count). The van der Waals surface area contributed by atoms with Crippen molar-refractivity contribution in [3.8, 4) is 11.8 Å². The van der Waals surface area contributed by atoms with Crippen LogP contribution in [-0.4, -0.2) is 18.1 Å². The van der Waals surface area contributed by atoms with Gasteiger partial charge in [0.2, 0.25) is 0 Å². The van der Waals surface area contributed by atoms with Crippen LogP contribution in [0.5, 0.6) is 5.75 Å². The smallest absolute Gasteiger partial charge is 0.119 e. The van der Waals surface area contributed by atoms with Crippen LogP contribution in [0.25, 0.3) is 0 Å². The predicted octanol–water partition coefficient (Wildman–Crippen LogP) is 3.62. The Balaban J connectivity index is 2.39. The van der Waals surface area contributed by atoms with E-state index < -0.39 is 0 Å². The maximum atomic E-state index is 8.38. The maximum absolute atomic E-state index is 8.38. The van der Waals surface area contributed by atoms with Crippen molar-refractivity contribution in [3.05, 3.63) is 29.8 Å². The molecule has 0 aromatic heterocycles. The molecule has 0 bridgehead atoms. The molecule has 3 heteroatoms. The summed E-state index contributed by atoms with van der Waals surface area (Å²) < 4.78 is 5.59. The molecule has 0 saturated heterocycles. The van der Waals surface area contributed by atoms with E-state index in [1.165, 1.54) is 5.56 Å². The lowest BCUT2D eigenvalue weighted by Crippen LogP contribution is -2.10. The van der Waals surface area contributed by atoms with Crippen molar-refractivity contribution >= 4 is 11.8 Å². The largest absolute Gasteiger partial charge is 0.493 e. The van der Waals surface area contributed by atoms with E-state index in [-0.39, 0.29) is 5.41 Å². The summed E-state index contributed by atoms with van der Waals surface area (Å²) in [5.74, 6) is 2.29. The number of nitrogens with zero attached hydrogens (tertiary/aromatic N) is 1. The second kappa shape index (κ2) is 6.56. The van der Waals surface area contributed by atoms with Crippen LogP contribution in [0, 0.1) is 11.3 Å². The molecule has 0 N–H and O–H groups in total. The van der Waals surface area contributed by atoms with Crippen LogP contribution in [0.2, 0.25) is 0 Å². The summed E-state index contributed by atoms with van der Waals surface area (Å²) in [4.78, 5) is 0. The van der Waals surface area contributed by atoms with Crippen LogP contribution < -0.4 is 4.74 Å². The molecule has 0 unspecified atom stereocenters. The highest BCUT2D eigenvalue weighted by Gasteiger charge is 2.12. The molecule has 0 spiro atoms. The Morgan fingerprint density at radius 1 is 1.24 bits per heavy atom. The molecule has 92 valence electrons. The van der Waals surface area contributed by atoms with Gasteiger partial charge in [-0.05, 0) is 23.1 Å². The summed E-state index contributed by atoms with van der Waals surface area (Å²) in [6.07, 6.45) is 0. The summed E-state index contributed by atoms with van der Waals surface area (Å²) in [5.41, 5.74) is 1.49. The molecule has 0 saturated carbocycles. The average molecular weight is 249 g/mol. The Kier molecular flexibility index (Phi) is 5.37. The highest BCUT2D eigenvalue weighted by molar-refractivity contribution is 7.99. The minimum Gasteiger partial charge on any atom is -0.493 e. The van der Waals surface area contributed by atoms with Gasteiger partial charge < -0.3 is 4.74 Å². The first-order valence-electron chi connectivity index (χ1n) is 5.72. The van der Waals surface area contributed by atoms with Gasteiger partial charge in [-0.1, -0.05) is 32.9 Å². The molecule has 0 radical (unpaired) electrons. The topological polar surface area (TPSA) is 33.0 Å². The minimum absolute atomic E-state index is 0.182. The number of hydrogen-bond acceptors (Lipinski definition) is 3. The van der Waals surface area contributed by atoms with Crippen molar-refractivity contribution in [3.63, 3.8) is 0 Å². The standard InChI is InChI=1S/C14H19NOS/c1-14(2,3)12-4-6-13(7-5-12)16-9-11-17-10-8-15/h4-7H,9-11H2,1-3H3. The average Bonchev–Trinajstić information content (AvgIpc) is 2.28. The first-order valence-corrected chi connectivity index (χ1v) is 6.87. The van der Waals surface area contributed by atoms with Gasteiger partial charge in [-0.15, -0.1) is 11.8 Å². The lowest BCUT2D eigenvalue weighted by molar-refractivity contribution is 0.343. The zero-order valence-electron chi connectivity index (χ0n) is 10.7. The highest BCUT2D eigenvalue weighted by Crippen LogP contribution is 2.24. The third-order valence-corrected chi connectivity index (χ3v) is 3.17. The zero-order valence-corrected chi connectivity index (χ0v) is 11.5. The molecule has 0 fully saturated rings. The van der Waals surface area contributed by atoms with E-state index in [1.807, 2.05) is 12.1 Å². The van der Waals surface area contributed by atoms with Crippen LogP contribution in [0.1, 0.15) is 26.3 Å². The Labute approximate surface area is 108 Å². The second-order valence-electron chi connectivity index (χ2n) is 4.83. The van der Waals surface area contributed by atoms with Crippen molar-refractivity contribution < 1.29 is 4.74 Å². The van der Waals surface area contributed by atoms with Crippen LogP contribution in [0.15, 0.2) is 24.3 Å². The molecular formula is C14H19NOS. The van der Waals surface area contributed by atoms with Gasteiger partial charge in [0, 0.05) is 5.75 Å². The van der Waals surface area contributed by atoms with Crippen LogP contribution in [0.4, 0.5) is 0 Å². The maximum Gasteiger partial charge on any atom is 0.119 e. The number of thioether (sulfide) groups is 1. The third kappa shape index (κ3) is 5.14. The van der Waals surface area contributed by atoms with Crippen molar-refractivity contribution in [1.29, 1.82) is 5.26 Å². The van der Waals surface area contributed by atoms with Crippen LogP contribution >= 0.6 is 11.8 Å². The number of rotatable bonds is 5.